The summed E-state index contributed by atoms with van der Waals surface area (Å²) in [5, 5.41) is 14.6. The van der Waals surface area contributed by atoms with Crippen LogP contribution >= 0.6 is 23.4 Å². The fraction of sp³-hybridized carbons (Fsp3) is 0.167. The van der Waals surface area contributed by atoms with Gasteiger partial charge in [-0.3, -0.25) is 0 Å². The fourth-order valence-electron chi connectivity index (χ4n) is 2.42. The van der Waals surface area contributed by atoms with Gasteiger partial charge in [0, 0.05) is 10.8 Å². The lowest BCUT2D eigenvalue weighted by Gasteiger charge is -2.14. The van der Waals surface area contributed by atoms with Crippen molar-refractivity contribution in [1.82, 2.24) is 14.9 Å². The van der Waals surface area contributed by atoms with E-state index in [-0.39, 0.29) is 0 Å². The van der Waals surface area contributed by atoms with E-state index in [2.05, 4.69) is 10.2 Å². The number of hydrogen-bond acceptors (Lipinski definition) is 5. The molecular weight excluding hydrogens is 356 g/mol. The Hall–Kier alpha value is -2.31. The summed E-state index contributed by atoms with van der Waals surface area (Å²) in [4.78, 5) is 0. The van der Waals surface area contributed by atoms with Crippen molar-refractivity contribution in [3.8, 4) is 5.75 Å². The van der Waals surface area contributed by atoms with E-state index < -0.39 is 0 Å². The zero-order valence-electron chi connectivity index (χ0n) is 13.5. The third-order valence-corrected chi connectivity index (χ3v) is 4.98. The predicted molar refractivity (Wildman–Crippen MR) is 99.6 cm³/mol. The van der Waals surface area contributed by atoms with Crippen molar-refractivity contribution < 1.29 is 4.74 Å². The van der Waals surface area contributed by atoms with Gasteiger partial charge in [-0.15, -0.1) is 10.2 Å². The Kier molecular flexibility index (Phi) is 4.46. The van der Waals surface area contributed by atoms with E-state index in [9.17, 15) is 0 Å². The molecule has 3 aromatic rings. The van der Waals surface area contributed by atoms with E-state index in [1.165, 1.54) is 5.56 Å². The second-order valence-corrected chi connectivity index (χ2v) is 7.03. The van der Waals surface area contributed by atoms with Gasteiger partial charge >= 0.3 is 0 Å². The number of rotatable bonds is 4. The Morgan fingerprint density at radius 3 is 2.60 bits per heavy atom. The second kappa shape index (κ2) is 6.90. The second-order valence-electron chi connectivity index (χ2n) is 5.65. The summed E-state index contributed by atoms with van der Waals surface area (Å²) in [6, 6.07) is 15.6. The van der Waals surface area contributed by atoms with Crippen LogP contribution in [-0.2, 0) is 6.61 Å². The third-order valence-electron chi connectivity index (χ3n) is 3.80. The lowest BCUT2D eigenvalue weighted by Crippen LogP contribution is -2.15. The fourth-order valence-corrected chi connectivity index (χ4v) is 3.41. The molecule has 4 rings (SSSR count). The highest BCUT2D eigenvalue weighted by atomic mass is 35.5. The molecule has 1 aromatic heterocycles. The van der Waals surface area contributed by atoms with Crippen molar-refractivity contribution >= 4 is 29.1 Å². The number of aromatic nitrogens is 3. The maximum absolute atomic E-state index is 5.96. The van der Waals surface area contributed by atoms with Gasteiger partial charge in [-0.1, -0.05) is 53.2 Å². The van der Waals surface area contributed by atoms with Crippen LogP contribution in [0.4, 0.5) is 0 Å². The van der Waals surface area contributed by atoms with Crippen LogP contribution in [-0.4, -0.2) is 26.3 Å². The first-order chi connectivity index (χ1) is 12.2. The van der Waals surface area contributed by atoms with Gasteiger partial charge in [-0.2, -0.15) is 9.78 Å². The average Bonchev–Trinajstić information content (AvgIpc) is 3.04. The van der Waals surface area contributed by atoms with Crippen molar-refractivity contribution in [2.24, 2.45) is 5.10 Å². The molecule has 0 spiro atoms. The first kappa shape index (κ1) is 16.2. The molecule has 1 aliphatic rings. The van der Waals surface area contributed by atoms with Gasteiger partial charge in [0.05, 0.1) is 5.71 Å². The summed E-state index contributed by atoms with van der Waals surface area (Å²) in [7, 11) is 0. The zero-order valence-corrected chi connectivity index (χ0v) is 15.1. The molecule has 0 bridgehead atoms. The van der Waals surface area contributed by atoms with Gasteiger partial charge in [-0.05, 0) is 36.8 Å². The molecule has 2 aromatic carbocycles. The molecule has 126 valence electrons. The van der Waals surface area contributed by atoms with Gasteiger partial charge in [0.1, 0.15) is 12.4 Å². The minimum atomic E-state index is 0.314. The van der Waals surface area contributed by atoms with Crippen LogP contribution in [0.15, 0.2) is 58.8 Å². The first-order valence-corrected chi connectivity index (χ1v) is 9.16. The molecule has 0 atom stereocenters. The molecule has 5 nitrogen and oxygen atoms in total. The van der Waals surface area contributed by atoms with Crippen LogP contribution in [0.25, 0.3) is 0 Å². The normalized spacial score (nSPS) is 13.3. The highest BCUT2D eigenvalue weighted by molar-refractivity contribution is 7.99. The van der Waals surface area contributed by atoms with Crippen molar-refractivity contribution in [1.29, 1.82) is 0 Å². The topological polar surface area (TPSA) is 52.3 Å². The minimum absolute atomic E-state index is 0.314. The molecule has 0 fully saturated rings. The number of aryl methyl sites for hydroxylation is 1. The average molecular weight is 371 g/mol. The predicted octanol–water partition coefficient (Wildman–Crippen LogP) is 4.18. The SMILES string of the molecule is Cc1ccc(OCc2nnc3n2N=C(c2ccc(Cl)cc2)CS3)cc1. The highest BCUT2D eigenvalue weighted by Gasteiger charge is 2.20. The smallest absolute Gasteiger partial charge is 0.212 e. The van der Waals surface area contributed by atoms with Crippen LogP contribution in [0.2, 0.25) is 5.02 Å². The summed E-state index contributed by atoms with van der Waals surface area (Å²) in [6.45, 7) is 2.36. The Morgan fingerprint density at radius 1 is 1.08 bits per heavy atom. The van der Waals surface area contributed by atoms with Crippen molar-refractivity contribution in [3.63, 3.8) is 0 Å². The molecule has 0 saturated heterocycles. The van der Waals surface area contributed by atoms with Gasteiger partial charge in [0.2, 0.25) is 5.16 Å². The van der Waals surface area contributed by atoms with Crippen LogP contribution in [0, 0.1) is 6.92 Å². The largest absolute Gasteiger partial charge is 0.486 e. The van der Waals surface area contributed by atoms with E-state index in [1.54, 1.807) is 16.4 Å². The lowest BCUT2D eigenvalue weighted by molar-refractivity contribution is 0.290. The van der Waals surface area contributed by atoms with E-state index in [0.29, 0.717) is 17.5 Å². The minimum Gasteiger partial charge on any atom is -0.486 e. The third kappa shape index (κ3) is 3.55. The van der Waals surface area contributed by atoms with Crippen molar-refractivity contribution in [2.75, 3.05) is 5.75 Å². The number of ether oxygens (including phenoxy) is 1. The summed E-state index contributed by atoms with van der Waals surface area (Å²) in [6.07, 6.45) is 0. The molecule has 0 unspecified atom stereocenters. The van der Waals surface area contributed by atoms with Gasteiger partial charge < -0.3 is 4.74 Å². The zero-order chi connectivity index (χ0) is 17.2. The molecule has 7 heteroatoms. The number of benzene rings is 2. The van der Waals surface area contributed by atoms with Crippen LogP contribution in [0.1, 0.15) is 17.0 Å². The molecule has 25 heavy (non-hydrogen) atoms. The molecular formula is C18H15ClN4OS. The number of thioether (sulfide) groups is 1. The Morgan fingerprint density at radius 2 is 1.84 bits per heavy atom. The quantitative estimate of drug-likeness (QED) is 0.691. The molecule has 1 aliphatic heterocycles. The lowest BCUT2D eigenvalue weighted by atomic mass is 10.1. The van der Waals surface area contributed by atoms with Crippen LogP contribution < -0.4 is 4.74 Å². The molecule has 0 amide bonds. The number of nitrogens with zero attached hydrogens (tertiary/aromatic N) is 4. The number of fused-ring (bicyclic) bond motifs is 1. The Labute approximate surface area is 154 Å². The molecule has 0 radical (unpaired) electrons. The maximum Gasteiger partial charge on any atom is 0.212 e. The van der Waals surface area contributed by atoms with Gasteiger partial charge in [-0.25, -0.2) is 0 Å². The van der Waals surface area contributed by atoms with Crippen LogP contribution in [0.3, 0.4) is 0 Å². The first-order valence-electron chi connectivity index (χ1n) is 7.79. The number of halogens is 1. The molecule has 0 aliphatic carbocycles. The Balaban J connectivity index is 1.56. The van der Waals surface area contributed by atoms with E-state index in [0.717, 1.165) is 27.9 Å². The van der Waals surface area contributed by atoms with Crippen molar-refractivity contribution in [2.45, 2.75) is 18.7 Å². The monoisotopic (exact) mass is 370 g/mol. The summed E-state index contributed by atoms with van der Waals surface area (Å²) in [5.41, 5.74) is 3.20. The van der Waals surface area contributed by atoms with Crippen molar-refractivity contribution in [3.05, 3.63) is 70.5 Å². The van der Waals surface area contributed by atoms with Crippen LogP contribution in [0.5, 0.6) is 5.75 Å². The maximum atomic E-state index is 5.96. The molecule has 0 N–H and O–H groups in total. The number of hydrogen-bond donors (Lipinski definition) is 0. The standard InChI is InChI=1S/C18H15ClN4OS/c1-12-2-8-15(9-3-12)24-10-17-20-21-18-23(17)22-16(11-25-18)13-4-6-14(19)7-5-13/h2-9H,10-11H2,1H3. The Bertz CT molecular complexity index is 919. The van der Waals surface area contributed by atoms with Gasteiger partial charge in [0.15, 0.2) is 5.82 Å². The summed E-state index contributed by atoms with van der Waals surface area (Å²) >= 11 is 7.57. The van der Waals surface area contributed by atoms with E-state index in [4.69, 9.17) is 21.4 Å². The van der Waals surface area contributed by atoms with Gasteiger partial charge in [0.25, 0.3) is 0 Å². The summed E-state index contributed by atoms with van der Waals surface area (Å²) in [5.74, 6) is 2.22. The van der Waals surface area contributed by atoms with E-state index in [1.807, 2.05) is 55.5 Å². The highest BCUT2D eigenvalue weighted by Crippen LogP contribution is 2.25. The van der Waals surface area contributed by atoms with E-state index >= 15 is 0 Å². The molecule has 0 saturated carbocycles. The summed E-state index contributed by atoms with van der Waals surface area (Å²) < 4.78 is 7.57. The molecule has 2 heterocycles.